The van der Waals surface area contributed by atoms with Crippen LogP contribution in [0.15, 0.2) is 66.7 Å². The molecule has 6 N–H and O–H groups in total. The van der Waals surface area contributed by atoms with Gasteiger partial charge in [-0.1, -0.05) is 113 Å². The molecular weight excluding hydrogens is 781 g/mol. The molecule has 4 saturated carbocycles. The van der Waals surface area contributed by atoms with Gasteiger partial charge in [0.25, 0.3) is 0 Å². The second-order valence-corrected chi connectivity index (χ2v) is 19.9. The fraction of sp³-hybridized carbons (Fsp3) is 0.474. The normalized spacial score (nSPS) is 18.6. The highest BCUT2D eigenvalue weighted by atomic mass is 16.3. The molecule has 0 heterocycles. The molecule has 0 unspecified atom stereocenters. The van der Waals surface area contributed by atoms with Gasteiger partial charge in [-0.15, -0.1) is 0 Å². The average Bonchev–Trinajstić information content (AvgIpc) is 3.30. The Kier molecular flexibility index (Phi) is 12.7. The molecule has 6 nitrogen and oxygen atoms in total. The molecule has 5 aromatic rings. The minimum Gasteiger partial charge on any atom is -0.507 e. The molecule has 0 bridgehead atoms. The summed E-state index contributed by atoms with van der Waals surface area (Å²) in [6.45, 7) is 4.08. The number of para-hydroxylation sites is 2. The van der Waals surface area contributed by atoms with Crippen LogP contribution in [0.3, 0.4) is 0 Å². The summed E-state index contributed by atoms with van der Waals surface area (Å²) in [5, 5.41) is 74.5. The average molecular weight is 849 g/mol. The molecule has 0 atom stereocenters. The lowest BCUT2D eigenvalue weighted by Crippen LogP contribution is -2.11. The van der Waals surface area contributed by atoms with Crippen molar-refractivity contribution in [3.8, 4) is 56.8 Å². The molecule has 9 rings (SSSR count). The molecule has 0 amide bonds. The lowest BCUT2D eigenvalue weighted by molar-refractivity contribution is 0.395. The second kappa shape index (κ2) is 18.6. The zero-order chi connectivity index (χ0) is 43.8. The molecule has 0 aromatic heterocycles. The van der Waals surface area contributed by atoms with Crippen LogP contribution in [0.2, 0.25) is 0 Å². The van der Waals surface area contributed by atoms with Crippen LogP contribution in [-0.4, -0.2) is 30.6 Å². The third-order valence-corrected chi connectivity index (χ3v) is 15.9. The molecule has 0 aliphatic heterocycles. The van der Waals surface area contributed by atoms with E-state index in [0.717, 1.165) is 136 Å². The molecule has 4 aliphatic carbocycles. The molecule has 332 valence electrons. The summed E-state index contributed by atoms with van der Waals surface area (Å²) in [6, 6.07) is 21.3. The summed E-state index contributed by atoms with van der Waals surface area (Å²) in [5.74, 6) is -0.362. The van der Waals surface area contributed by atoms with Crippen LogP contribution in [0.5, 0.6) is 34.5 Å². The first-order valence-electron chi connectivity index (χ1n) is 24.5. The van der Waals surface area contributed by atoms with Gasteiger partial charge in [-0.2, -0.15) is 0 Å². The number of phenols is 6. The van der Waals surface area contributed by atoms with Crippen molar-refractivity contribution in [1.82, 2.24) is 0 Å². The van der Waals surface area contributed by atoms with Crippen LogP contribution >= 0.6 is 0 Å². The maximum absolute atomic E-state index is 12.8. The molecule has 0 saturated heterocycles. The maximum atomic E-state index is 12.8. The molecule has 5 aromatic carbocycles. The maximum Gasteiger partial charge on any atom is 0.166 e. The van der Waals surface area contributed by atoms with Gasteiger partial charge in [0.2, 0.25) is 0 Å². The van der Waals surface area contributed by atoms with Gasteiger partial charge in [0.05, 0.1) is 0 Å². The van der Waals surface area contributed by atoms with Crippen LogP contribution in [0, 0.1) is 13.8 Å². The van der Waals surface area contributed by atoms with Crippen LogP contribution in [0.1, 0.15) is 208 Å². The van der Waals surface area contributed by atoms with E-state index in [2.05, 4.69) is 13.0 Å². The Morgan fingerprint density at radius 3 is 1.17 bits per heavy atom. The minimum atomic E-state index is -0.898. The molecule has 63 heavy (non-hydrogen) atoms. The molecule has 4 fully saturated rings. The van der Waals surface area contributed by atoms with E-state index >= 15 is 0 Å². The Balaban J connectivity index is 1.32. The van der Waals surface area contributed by atoms with Gasteiger partial charge < -0.3 is 30.6 Å². The van der Waals surface area contributed by atoms with Gasteiger partial charge in [0, 0.05) is 39.3 Å². The van der Waals surface area contributed by atoms with Gasteiger partial charge in [-0.3, -0.25) is 0 Å². The predicted octanol–water partition coefficient (Wildman–Crippen LogP) is 15.2. The fourth-order valence-corrected chi connectivity index (χ4v) is 12.5. The van der Waals surface area contributed by atoms with E-state index in [9.17, 15) is 30.6 Å². The Bertz CT molecular complexity index is 2370. The minimum absolute atomic E-state index is 0.0120. The van der Waals surface area contributed by atoms with Crippen molar-refractivity contribution < 1.29 is 30.6 Å². The first kappa shape index (κ1) is 43.2. The van der Waals surface area contributed by atoms with Crippen LogP contribution in [-0.2, 0) is 0 Å². The van der Waals surface area contributed by atoms with Crippen molar-refractivity contribution in [3.05, 3.63) is 117 Å². The number of hydrogen-bond acceptors (Lipinski definition) is 6. The van der Waals surface area contributed by atoms with Crippen molar-refractivity contribution >= 4 is 0 Å². The standard InChI is InChI=1S/C57H68O6/c1-34-29-50(58)46(31-44(34)38-21-11-5-12-22-38)47-33-49(56(62)57(63)53(47)48-32-45(35(2)30-51(48)59)39-23-13-6-14-24-39)52(42-27-15-25-40(54(42)60)36-17-7-3-8-18-36)43-28-16-26-41(55(43)61)37-19-9-4-10-20-37/h15-16,25-33,36-39,52,58-63H,3-14,17-24H2,1-2H3. The Morgan fingerprint density at radius 1 is 0.365 bits per heavy atom. The number of rotatable bonds is 9. The van der Waals surface area contributed by atoms with E-state index < -0.39 is 11.7 Å². The monoisotopic (exact) mass is 849 g/mol. The summed E-state index contributed by atoms with van der Waals surface area (Å²) in [7, 11) is 0. The third-order valence-electron chi connectivity index (χ3n) is 15.9. The van der Waals surface area contributed by atoms with Crippen molar-refractivity contribution in [1.29, 1.82) is 0 Å². The fourth-order valence-electron chi connectivity index (χ4n) is 12.5. The number of aromatic hydroxyl groups is 6. The summed E-state index contributed by atoms with van der Waals surface area (Å²) in [4.78, 5) is 0. The smallest absolute Gasteiger partial charge is 0.166 e. The van der Waals surface area contributed by atoms with Crippen molar-refractivity contribution in [3.63, 3.8) is 0 Å². The van der Waals surface area contributed by atoms with Crippen molar-refractivity contribution in [2.75, 3.05) is 0 Å². The number of benzene rings is 5. The SMILES string of the molecule is Cc1cc(O)c(-c2cc(C(c3cccc(C4CCCCC4)c3O)c3cccc(C4CCCCC4)c3O)c(O)c(O)c2-c2cc(C3CCCCC3)c(C)cc2O)cc1C1CCCCC1. The molecule has 0 spiro atoms. The van der Waals surface area contributed by atoms with E-state index in [1.807, 2.05) is 61.5 Å². The zero-order valence-corrected chi connectivity index (χ0v) is 37.6. The van der Waals surface area contributed by atoms with Crippen LogP contribution < -0.4 is 0 Å². The topological polar surface area (TPSA) is 121 Å². The van der Waals surface area contributed by atoms with Gasteiger partial charge >= 0.3 is 0 Å². The van der Waals surface area contributed by atoms with E-state index in [4.69, 9.17) is 0 Å². The molecular formula is C57H68O6. The highest BCUT2D eigenvalue weighted by molar-refractivity contribution is 5.95. The largest absolute Gasteiger partial charge is 0.507 e. The van der Waals surface area contributed by atoms with Crippen LogP contribution in [0.25, 0.3) is 22.3 Å². The highest BCUT2D eigenvalue weighted by Crippen LogP contribution is 2.57. The summed E-state index contributed by atoms with van der Waals surface area (Å²) in [6.07, 6.45) is 21.8. The summed E-state index contributed by atoms with van der Waals surface area (Å²) >= 11 is 0. The summed E-state index contributed by atoms with van der Waals surface area (Å²) < 4.78 is 0. The van der Waals surface area contributed by atoms with E-state index in [-0.39, 0.29) is 46.1 Å². The van der Waals surface area contributed by atoms with Crippen LogP contribution in [0.4, 0.5) is 0 Å². The molecule has 0 radical (unpaired) electrons. The predicted molar refractivity (Wildman–Crippen MR) is 254 cm³/mol. The molecule has 4 aliphatic rings. The van der Waals surface area contributed by atoms with E-state index in [1.54, 1.807) is 6.07 Å². The number of phenolic OH excluding ortho intramolecular Hbond substituents is 6. The zero-order valence-electron chi connectivity index (χ0n) is 37.6. The Morgan fingerprint density at radius 2 is 0.746 bits per heavy atom. The summed E-state index contributed by atoms with van der Waals surface area (Å²) in [5.41, 5.74) is 9.03. The Labute approximate surface area is 374 Å². The van der Waals surface area contributed by atoms with Crippen molar-refractivity contribution in [2.24, 2.45) is 0 Å². The number of aryl methyl sites for hydroxylation is 2. The quantitative estimate of drug-likeness (QED) is 0.0649. The van der Waals surface area contributed by atoms with Gasteiger partial charge in [0.1, 0.15) is 23.0 Å². The number of hydrogen-bond donors (Lipinski definition) is 6. The first-order chi connectivity index (χ1) is 30.6. The van der Waals surface area contributed by atoms with Gasteiger partial charge in [-0.25, -0.2) is 0 Å². The third kappa shape index (κ3) is 8.40. The molecule has 6 heteroatoms. The van der Waals surface area contributed by atoms with Crippen molar-refractivity contribution in [2.45, 2.75) is 172 Å². The highest BCUT2D eigenvalue weighted by Gasteiger charge is 2.35. The second-order valence-electron chi connectivity index (χ2n) is 19.9. The lowest BCUT2D eigenvalue weighted by atomic mass is 9.75. The van der Waals surface area contributed by atoms with E-state index in [1.165, 1.54) is 25.7 Å². The first-order valence-corrected chi connectivity index (χ1v) is 24.5. The lowest BCUT2D eigenvalue weighted by Gasteiger charge is -2.30. The Hall–Kier alpha value is -5.10. The van der Waals surface area contributed by atoms with Gasteiger partial charge in [0.15, 0.2) is 11.5 Å². The van der Waals surface area contributed by atoms with Gasteiger partial charge in [-0.05, 0) is 158 Å². The van der Waals surface area contributed by atoms with E-state index in [0.29, 0.717) is 45.2 Å².